The Hall–Kier alpha value is -2.08. The third-order valence-electron chi connectivity index (χ3n) is 4.15. The van der Waals surface area contributed by atoms with E-state index in [2.05, 4.69) is 5.32 Å². The second-order valence-corrected chi connectivity index (χ2v) is 8.63. The lowest BCUT2D eigenvalue weighted by atomic mass is 10.0. The summed E-state index contributed by atoms with van der Waals surface area (Å²) in [5, 5.41) is 2.10. The van der Waals surface area contributed by atoms with Gasteiger partial charge in [-0.3, -0.25) is 4.79 Å². The fraction of sp³-hybridized carbons (Fsp3) is 0.389. The molecule has 0 unspecified atom stereocenters. The predicted octanol–water partition coefficient (Wildman–Crippen LogP) is 3.11. The van der Waals surface area contributed by atoms with Crippen LogP contribution in [0.2, 0.25) is 0 Å². The van der Waals surface area contributed by atoms with Gasteiger partial charge in [-0.25, -0.2) is 8.42 Å². The van der Waals surface area contributed by atoms with Crippen LogP contribution in [0.1, 0.15) is 46.0 Å². The molecule has 1 aromatic carbocycles. The van der Waals surface area contributed by atoms with E-state index < -0.39 is 21.1 Å². The zero-order valence-electron chi connectivity index (χ0n) is 14.6. The molecule has 2 rings (SSSR count). The van der Waals surface area contributed by atoms with E-state index in [4.69, 9.17) is 4.42 Å². The molecule has 0 saturated carbocycles. The SMILES string of the molecule is Cc1ccc([C@H](NC(=O)c2cc(C)oc2C)[C@@H](C)S(C)(=O)=O)cc1. The fourth-order valence-corrected chi connectivity index (χ4v) is 3.29. The molecular formula is C18H23NO4S. The summed E-state index contributed by atoms with van der Waals surface area (Å²) in [4.78, 5) is 12.6. The number of aryl methyl sites for hydroxylation is 3. The van der Waals surface area contributed by atoms with E-state index in [1.807, 2.05) is 31.2 Å². The van der Waals surface area contributed by atoms with E-state index in [0.29, 0.717) is 17.1 Å². The van der Waals surface area contributed by atoms with Gasteiger partial charge in [-0.1, -0.05) is 29.8 Å². The minimum absolute atomic E-state index is 0.342. The average Bonchev–Trinajstić information content (AvgIpc) is 2.83. The van der Waals surface area contributed by atoms with Crippen molar-refractivity contribution < 1.29 is 17.6 Å². The zero-order valence-corrected chi connectivity index (χ0v) is 15.4. The van der Waals surface area contributed by atoms with Crippen molar-refractivity contribution in [2.45, 2.75) is 39.0 Å². The third-order valence-corrected chi connectivity index (χ3v) is 5.78. The molecule has 0 bridgehead atoms. The van der Waals surface area contributed by atoms with Crippen molar-refractivity contribution in [2.75, 3.05) is 6.26 Å². The van der Waals surface area contributed by atoms with Gasteiger partial charge in [0, 0.05) is 6.26 Å². The first-order valence-corrected chi connectivity index (χ1v) is 9.68. The van der Waals surface area contributed by atoms with Gasteiger partial charge in [-0.05, 0) is 39.3 Å². The van der Waals surface area contributed by atoms with Crippen LogP contribution in [0.4, 0.5) is 0 Å². The number of benzene rings is 1. The first-order chi connectivity index (χ1) is 11.1. The molecule has 2 aromatic rings. The molecule has 1 N–H and O–H groups in total. The highest BCUT2D eigenvalue weighted by Crippen LogP contribution is 2.24. The maximum absolute atomic E-state index is 12.6. The number of nitrogens with one attached hydrogen (secondary N) is 1. The highest BCUT2D eigenvalue weighted by molar-refractivity contribution is 7.91. The Kier molecular flexibility index (Phi) is 5.18. The number of amides is 1. The van der Waals surface area contributed by atoms with Crippen LogP contribution in [0.5, 0.6) is 0 Å². The van der Waals surface area contributed by atoms with Gasteiger partial charge >= 0.3 is 0 Å². The topological polar surface area (TPSA) is 76.4 Å². The molecule has 24 heavy (non-hydrogen) atoms. The first-order valence-electron chi connectivity index (χ1n) is 7.73. The number of hydrogen-bond donors (Lipinski definition) is 1. The largest absolute Gasteiger partial charge is 0.466 e. The van der Waals surface area contributed by atoms with Crippen molar-refractivity contribution in [1.29, 1.82) is 0 Å². The summed E-state index contributed by atoms with van der Waals surface area (Å²) in [5.74, 6) is 0.811. The molecule has 0 aliphatic heterocycles. The van der Waals surface area contributed by atoms with Crippen molar-refractivity contribution in [1.82, 2.24) is 5.32 Å². The van der Waals surface area contributed by atoms with Crippen LogP contribution in [-0.4, -0.2) is 25.8 Å². The molecule has 130 valence electrons. The van der Waals surface area contributed by atoms with Crippen LogP contribution >= 0.6 is 0 Å². The van der Waals surface area contributed by atoms with E-state index in [1.54, 1.807) is 26.8 Å². The molecule has 0 aliphatic rings. The van der Waals surface area contributed by atoms with E-state index in [0.717, 1.165) is 11.1 Å². The van der Waals surface area contributed by atoms with Gasteiger partial charge in [0.15, 0.2) is 9.84 Å². The van der Waals surface area contributed by atoms with Crippen LogP contribution in [0.3, 0.4) is 0 Å². The Morgan fingerprint density at radius 3 is 2.17 bits per heavy atom. The Balaban J connectivity index is 2.37. The molecular weight excluding hydrogens is 326 g/mol. The van der Waals surface area contributed by atoms with Gasteiger partial charge in [-0.15, -0.1) is 0 Å². The van der Waals surface area contributed by atoms with Crippen LogP contribution in [0.15, 0.2) is 34.7 Å². The molecule has 0 spiro atoms. The lowest BCUT2D eigenvalue weighted by Crippen LogP contribution is -2.38. The standard InChI is InChI=1S/C18H23NO4S/c1-11-6-8-15(9-7-11)17(14(4)24(5,21)22)19-18(20)16-10-12(2)23-13(16)3/h6-10,14,17H,1-5H3,(H,19,20)/t14-,17-/m1/s1. The Morgan fingerprint density at radius 2 is 1.71 bits per heavy atom. The summed E-state index contributed by atoms with van der Waals surface area (Å²) in [7, 11) is -3.33. The molecule has 5 nitrogen and oxygen atoms in total. The van der Waals surface area contributed by atoms with Crippen LogP contribution in [0, 0.1) is 20.8 Å². The Bertz CT molecular complexity index is 834. The van der Waals surface area contributed by atoms with Gasteiger partial charge in [-0.2, -0.15) is 0 Å². The molecule has 0 aliphatic carbocycles. The van der Waals surface area contributed by atoms with E-state index in [1.165, 1.54) is 6.26 Å². The summed E-state index contributed by atoms with van der Waals surface area (Å²) in [5.41, 5.74) is 2.24. The quantitative estimate of drug-likeness (QED) is 0.900. The summed E-state index contributed by atoms with van der Waals surface area (Å²) >= 11 is 0. The number of hydrogen-bond acceptors (Lipinski definition) is 4. The van der Waals surface area contributed by atoms with Gasteiger partial charge in [0.2, 0.25) is 0 Å². The summed E-state index contributed by atoms with van der Waals surface area (Å²) in [6.45, 7) is 7.03. The molecule has 6 heteroatoms. The van der Waals surface area contributed by atoms with E-state index >= 15 is 0 Å². The number of sulfone groups is 1. The highest BCUT2D eigenvalue weighted by atomic mass is 32.2. The van der Waals surface area contributed by atoms with Crippen molar-refractivity contribution in [3.05, 3.63) is 58.5 Å². The first kappa shape index (κ1) is 18.3. The number of furan rings is 1. The number of carbonyl (C=O) groups is 1. The summed E-state index contributed by atoms with van der Waals surface area (Å²) in [6, 6.07) is 8.50. The molecule has 0 fully saturated rings. The monoisotopic (exact) mass is 349 g/mol. The second kappa shape index (κ2) is 6.81. The Labute approximate surface area is 143 Å². The number of rotatable bonds is 5. The lowest BCUT2D eigenvalue weighted by molar-refractivity contribution is 0.0934. The fourth-order valence-electron chi connectivity index (χ4n) is 2.57. The smallest absolute Gasteiger partial charge is 0.255 e. The minimum Gasteiger partial charge on any atom is -0.466 e. The molecule has 0 saturated heterocycles. The third kappa shape index (κ3) is 4.06. The summed E-state index contributed by atoms with van der Waals surface area (Å²) in [6.07, 6.45) is 1.18. The molecule has 2 atom stereocenters. The lowest BCUT2D eigenvalue weighted by Gasteiger charge is -2.24. The maximum atomic E-state index is 12.6. The van der Waals surface area contributed by atoms with Crippen LogP contribution in [-0.2, 0) is 9.84 Å². The van der Waals surface area contributed by atoms with E-state index in [-0.39, 0.29) is 5.91 Å². The molecule has 1 aromatic heterocycles. The van der Waals surface area contributed by atoms with Crippen molar-refractivity contribution >= 4 is 15.7 Å². The van der Waals surface area contributed by atoms with Gasteiger partial charge in [0.25, 0.3) is 5.91 Å². The van der Waals surface area contributed by atoms with Crippen LogP contribution < -0.4 is 5.32 Å². The molecule has 1 heterocycles. The number of carbonyl (C=O) groups excluding carboxylic acids is 1. The normalized spacial score (nSPS) is 14.2. The summed E-state index contributed by atoms with van der Waals surface area (Å²) < 4.78 is 29.5. The molecule has 0 radical (unpaired) electrons. The highest BCUT2D eigenvalue weighted by Gasteiger charge is 2.30. The van der Waals surface area contributed by atoms with Gasteiger partial charge in [0.1, 0.15) is 11.5 Å². The van der Waals surface area contributed by atoms with E-state index in [9.17, 15) is 13.2 Å². The Morgan fingerprint density at radius 1 is 1.12 bits per heavy atom. The zero-order chi connectivity index (χ0) is 18.1. The van der Waals surface area contributed by atoms with Crippen LogP contribution in [0.25, 0.3) is 0 Å². The molecule has 1 amide bonds. The van der Waals surface area contributed by atoms with Crippen molar-refractivity contribution in [3.8, 4) is 0 Å². The van der Waals surface area contributed by atoms with Crippen molar-refractivity contribution in [3.63, 3.8) is 0 Å². The van der Waals surface area contributed by atoms with Crippen molar-refractivity contribution in [2.24, 2.45) is 0 Å². The predicted molar refractivity (Wildman–Crippen MR) is 93.9 cm³/mol. The average molecular weight is 349 g/mol. The second-order valence-electron chi connectivity index (χ2n) is 6.22. The van der Waals surface area contributed by atoms with Gasteiger partial charge in [0.05, 0.1) is 16.9 Å². The maximum Gasteiger partial charge on any atom is 0.255 e. The minimum atomic E-state index is -3.33. The van der Waals surface area contributed by atoms with Gasteiger partial charge < -0.3 is 9.73 Å².